The van der Waals surface area contributed by atoms with Crippen LogP contribution in [0.15, 0.2) is 0 Å². The molecule has 19 saturated carbocycles. The summed E-state index contributed by atoms with van der Waals surface area (Å²) in [5.41, 5.74) is -12.3. The lowest BCUT2D eigenvalue weighted by molar-refractivity contribution is -0.239. The standard InChI is InChI=1S/C16H23F3O3.C15H20F4O3.C15H23FO3.C14H20F2O3.C13H20F2O3/c1-13(2,16(17,18)19)12(20)22-9-14-4-10-3-11(5-14)7-15(21,6-10)8-14;1-12(16,15(17,18)19)11(20)22-8-13-3-9-2-10(4-13)6-14(21,5-9)7-13;1-13(2,16)12(17)19-9-14-4-10-3-11(5-14)7-15(18,6-10)8-14;1-12(15,16)11(17)19-8-13-3-9-2-10(4-13)6-14(18,5-9)7-13;1-13(14,15)12(17)18-7-11-9-4-2-8(3-5-9)10(11)6-16/h10-11,21H,3-9H2,1-2H3;9-10,21H,2-8H2,1H3;10-11,18H,3-9H2,1-2H3;9-10,18H,2-8H2,1H3;8-11,16H,2-7H2,1H3. The Hall–Kier alpha value is -3.69. The maximum Gasteiger partial charge on any atom is 0.433 e. The summed E-state index contributed by atoms with van der Waals surface area (Å²) in [5, 5.41) is 51.6. The molecule has 5 N–H and O–H groups in total. The molecule has 0 aromatic carbocycles. The van der Waals surface area contributed by atoms with Gasteiger partial charge in [-0.2, -0.15) is 43.9 Å². The summed E-state index contributed by atoms with van der Waals surface area (Å²) < 4.78 is 179. The smallest absolute Gasteiger partial charge is 0.433 e. The van der Waals surface area contributed by atoms with E-state index in [2.05, 4.69) is 0 Å². The van der Waals surface area contributed by atoms with Crippen molar-refractivity contribution < 1.29 is 126 Å². The molecule has 0 spiro atoms. The fourth-order valence-corrected chi connectivity index (χ4v) is 23.5. The number of ether oxygens (including phenoxy) is 5. The second-order valence-corrected chi connectivity index (χ2v) is 36.7. The van der Waals surface area contributed by atoms with Crippen molar-refractivity contribution in [1.82, 2.24) is 0 Å². The van der Waals surface area contributed by atoms with Gasteiger partial charge < -0.3 is 49.2 Å². The van der Waals surface area contributed by atoms with Gasteiger partial charge >= 0.3 is 54.0 Å². The first kappa shape index (κ1) is 78.9. The lowest BCUT2D eigenvalue weighted by atomic mass is 9.48. The molecule has 0 aliphatic heterocycles. The summed E-state index contributed by atoms with van der Waals surface area (Å²) in [6, 6.07) is 0. The third-order valence-corrected chi connectivity index (χ3v) is 26.2. The molecule has 0 aromatic heterocycles. The Morgan fingerprint density at radius 1 is 0.350 bits per heavy atom. The van der Waals surface area contributed by atoms with Crippen LogP contribution in [0.4, 0.5) is 52.7 Å². The number of aliphatic hydroxyl groups is 5. The molecule has 100 heavy (non-hydrogen) atoms. The maximum absolute atomic E-state index is 13.6. The van der Waals surface area contributed by atoms with Crippen molar-refractivity contribution in [2.24, 2.45) is 98.1 Å². The number of rotatable bonds is 16. The molecular weight excluding hydrogens is 1340 g/mol. The summed E-state index contributed by atoms with van der Waals surface area (Å²) in [4.78, 5) is 57.2. The van der Waals surface area contributed by atoms with E-state index in [-0.39, 0.29) is 74.6 Å². The third kappa shape index (κ3) is 17.4. The second kappa shape index (κ2) is 27.3. The summed E-state index contributed by atoms with van der Waals surface area (Å²) in [7, 11) is 0. The zero-order valence-electron chi connectivity index (χ0n) is 58.8. The van der Waals surface area contributed by atoms with Crippen LogP contribution in [-0.2, 0) is 47.7 Å². The van der Waals surface area contributed by atoms with E-state index >= 15 is 0 Å². The number of hydrogen-bond donors (Lipinski definition) is 5. The van der Waals surface area contributed by atoms with Crippen molar-refractivity contribution in [2.45, 2.75) is 286 Å². The van der Waals surface area contributed by atoms with E-state index in [0.717, 1.165) is 149 Å². The SMILES string of the molecule is CC(C)(C(=O)OCC12CC3CC(CC(O)(C3)C1)C2)C(F)(F)F.CC(C)(F)C(=O)OCC12CC3CC(CC(O)(C3)C1)C2.CC(F)(C(=O)OCC12CC3CC(CC(O)(C3)C1)C2)C(F)(F)F.CC(F)(F)C(=O)OCC12CC3CC(CC(O)(C3)C1)C2.CC(F)(F)C(=O)OCC1C2CCC(CC2)C1CO. The Balaban J connectivity index is 0.000000135. The van der Waals surface area contributed by atoms with Gasteiger partial charge in [-0.15, -0.1) is 0 Å². The molecule has 0 heterocycles. The molecule has 15 nitrogen and oxygen atoms in total. The molecule has 19 rings (SSSR count). The molecule has 11 unspecified atom stereocenters. The first-order chi connectivity index (χ1) is 45.7. The zero-order valence-corrected chi connectivity index (χ0v) is 58.8. The zero-order chi connectivity index (χ0) is 73.9. The fraction of sp³-hybridized carbons (Fsp3) is 0.932. The van der Waals surface area contributed by atoms with E-state index in [9.17, 15) is 102 Å². The van der Waals surface area contributed by atoms with Crippen LogP contribution in [-0.4, -0.2) is 153 Å². The van der Waals surface area contributed by atoms with Crippen LogP contribution in [0, 0.1) is 98.1 Å². The Morgan fingerprint density at radius 3 is 0.860 bits per heavy atom. The minimum atomic E-state index is -5.29. The predicted octanol–water partition coefficient (Wildman–Crippen LogP) is 14.0. The topological polar surface area (TPSA) is 233 Å². The van der Waals surface area contributed by atoms with Gasteiger partial charge in [-0.25, -0.2) is 28.0 Å². The first-order valence-electron chi connectivity index (χ1n) is 36.4. The largest absolute Gasteiger partial charge is 0.464 e. The van der Waals surface area contributed by atoms with Crippen LogP contribution >= 0.6 is 0 Å². The summed E-state index contributed by atoms with van der Waals surface area (Å²) in [6.07, 6.45) is 14.6. The van der Waals surface area contributed by atoms with Crippen LogP contribution in [0.1, 0.15) is 228 Å². The van der Waals surface area contributed by atoms with E-state index in [1.807, 2.05) is 0 Å². The molecule has 27 heteroatoms. The highest BCUT2D eigenvalue weighted by atomic mass is 19.4. The van der Waals surface area contributed by atoms with Crippen molar-refractivity contribution in [3.63, 3.8) is 0 Å². The monoisotopic (exact) mass is 1450 g/mol. The number of fused-ring (bicyclic) bond motifs is 3. The Labute approximate surface area is 577 Å². The van der Waals surface area contributed by atoms with Gasteiger partial charge in [-0.3, -0.25) is 4.79 Å². The Morgan fingerprint density at radius 2 is 0.610 bits per heavy atom. The molecule has 19 aliphatic rings. The Bertz CT molecular complexity index is 2760. The van der Waals surface area contributed by atoms with Gasteiger partial charge in [0.15, 0.2) is 5.41 Å². The van der Waals surface area contributed by atoms with Crippen LogP contribution in [0.3, 0.4) is 0 Å². The molecule has 0 aromatic rings. The molecule has 19 fully saturated rings. The van der Waals surface area contributed by atoms with E-state index in [1.54, 1.807) is 0 Å². The average molecular weight is 1450 g/mol. The molecule has 572 valence electrons. The fourth-order valence-electron chi connectivity index (χ4n) is 23.5. The first-order valence-corrected chi connectivity index (χ1v) is 36.4. The molecule has 0 amide bonds. The lowest BCUT2D eigenvalue weighted by Gasteiger charge is -2.60. The van der Waals surface area contributed by atoms with Crippen molar-refractivity contribution in [3.05, 3.63) is 0 Å². The highest BCUT2D eigenvalue weighted by molar-refractivity contribution is 5.80. The minimum absolute atomic E-state index is 0.000648. The normalized spacial score (nSPS) is 41.7. The van der Waals surface area contributed by atoms with Crippen molar-refractivity contribution in [3.8, 4) is 0 Å². The quantitative estimate of drug-likeness (QED) is 0.0549. The van der Waals surface area contributed by atoms with Crippen molar-refractivity contribution in [1.29, 1.82) is 0 Å². The second-order valence-electron chi connectivity index (χ2n) is 36.7. The molecule has 11 atom stereocenters. The predicted molar refractivity (Wildman–Crippen MR) is 334 cm³/mol. The van der Waals surface area contributed by atoms with Crippen molar-refractivity contribution in [2.75, 3.05) is 39.6 Å². The number of esters is 5. The van der Waals surface area contributed by atoms with Crippen LogP contribution in [0.25, 0.3) is 0 Å². The molecule has 19 aliphatic carbocycles. The number of alkyl halides is 12. The summed E-state index contributed by atoms with van der Waals surface area (Å²) >= 11 is 0. The minimum Gasteiger partial charge on any atom is -0.464 e. The van der Waals surface area contributed by atoms with Gasteiger partial charge in [0, 0.05) is 48.0 Å². The van der Waals surface area contributed by atoms with Crippen LogP contribution < -0.4 is 0 Å². The highest BCUT2D eigenvalue weighted by Crippen LogP contribution is 2.66. The highest BCUT2D eigenvalue weighted by Gasteiger charge is 2.64. The van der Waals surface area contributed by atoms with E-state index in [0.29, 0.717) is 112 Å². The van der Waals surface area contributed by atoms with E-state index in [4.69, 9.17) is 23.7 Å². The van der Waals surface area contributed by atoms with Crippen LogP contribution in [0.2, 0.25) is 0 Å². The number of aliphatic hydroxyl groups excluding tert-OH is 1. The van der Waals surface area contributed by atoms with Crippen LogP contribution in [0.5, 0.6) is 0 Å². The average Bonchev–Trinajstić information content (AvgIpc) is 0.748. The molecular formula is C73H106F12O15. The van der Waals surface area contributed by atoms with Gasteiger partial charge in [-0.1, -0.05) is 0 Å². The van der Waals surface area contributed by atoms with Gasteiger partial charge in [0.2, 0.25) is 5.67 Å². The Kier molecular flexibility index (Phi) is 21.5. The van der Waals surface area contributed by atoms with Gasteiger partial charge in [-0.05, 0) is 279 Å². The maximum atomic E-state index is 13.6. The molecule has 0 radical (unpaired) electrons. The number of carbonyl (C=O) groups is 5. The van der Waals surface area contributed by atoms with E-state index < -0.39 is 98.6 Å². The third-order valence-electron chi connectivity index (χ3n) is 26.2. The van der Waals surface area contributed by atoms with Gasteiger partial charge in [0.1, 0.15) is 0 Å². The summed E-state index contributed by atoms with van der Waals surface area (Å²) in [5.74, 6) is -9.10. The summed E-state index contributed by atoms with van der Waals surface area (Å²) in [6.45, 7) is 5.59. The lowest BCUT2D eigenvalue weighted by Crippen LogP contribution is -2.57. The van der Waals surface area contributed by atoms with E-state index in [1.165, 1.54) is 20.3 Å². The number of hydrogen-bond acceptors (Lipinski definition) is 15. The van der Waals surface area contributed by atoms with Gasteiger partial charge in [0.05, 0.1) is 55.4 Å². The van der Waals surface area contributed by atoms with Gasteiger partial charge in [0.25, 0.3) is 5.67 Å². The molecule has 0 saturated heterocycles. The number of carbonyl (C=O) groups excluding carboxylic acids is 5. The number of halogens is 12. The molecule has 18 bridgehead atoms. The van der Waals surface area contributed by atoms with Crippen molar-refractivity contribution >= 4 is 29.8 Å².